The molecule has 2 aromatic rings. The molecule has 0 aliphatic carbocycles. The number of nitrogens with one attached hydrogen (secondary N) is 1. The average molecular weight is 1030 g/mol. The number of amides is 2. The van der Waals surface area contributed by atoms with E-state index in [4.69, 9.17) is 52.1 Å². The molecule has 1 unspecified atom stereocenters. The zero-order valence-corrected chi connectivity index (χ0v) is 42.0. The summed E-state index contributed by atoms with van der Waals surface area (Å²) in [6, 6.07) is 7.97. The van der Waals surface area contributed by atoms with Crippen molar-refractivity contribution in [2.45, 2.75) is 111 Å². The van der Waals surface area contributed by atoms with Crippen molar-refractivity contribution in [3.8, 4) is 0 Å². The molecule has 2 aliphatic heterocycles. The molecule has 332 valence electrons. The van der Waals surface area contributed by atoms with Gasteiger partial charge in [-0.05, 0) is 116 Å². The Bertz CT molecular complexity index is 1700. The lowest BCUT2D eigenvalue weighted by molar-refractivity contribution is -0.923. The summed E-state index contributed by atoms with van der Waals surface area (Å²) in [5.41, 5.74) is 9.51. The molecule has 9 nitrogen and oxygen atoms in total. The molecular formula is C44H67Br2Cl4N7O2. The molecule has 0 bridgehead atoms. The van der Waals surface area contributed by atoms with Crippen LogP contribution in [0.2, 0.25) is 20.1 Å². The molecule has 0 saturated carbocycles. The third-order valence-electron chi connectivity index (χ3n) is 11.9. The summed E-state index contributed by atoms with van der Waals surface area (Å²) in [6.07, 6.45) is 16.1. The van der Waals surface area contributed by atoms with Crippen LogP contribution >= 0.6 is 63.4 Å². The van der Waals surface area contributed by atoms with E-state index in [9.17, 15) is 9.59 Å². The zero-order valence-electron chi connectivity index (χ0n) is 35.7. The lowest BCUT2D eigenvalue weighted by Gasteiger charge is -2.36. The normalized spacial score (nSPS) is 15.5. The summed E-state index contributed by atoms with van der Waals surface area (Å²) in [7, 11) is 0. The Kier molecular flexibility index (Phi) is 24.0. The van der Waals surface area contributed by atoms with Crippen molar-refractivity contribution < 1.29 is 31.1 Å². The number of nitrogens with two attached hydrogens (primary N) is 1. The van der Waals surface area contributed by atoms with Crippen molar-refractivity contribution in [1.29, 1.82) is 0 Å². The van der Waals surface area contributed by atoms with Crippen molar-refractivity contribution in [2.75, 3.05) is 78.5 Å². The van der Waals surface area contributed by atoms with Gasteiger partial charge in [0.15, 0.2) is 0 Å². The van der Waals surface area contributed by atoms with Gasteiger partial charge in [0.2, 0.25) is 11.8 Å². The van der Waals surface area contributed by atoms with Crippen molar-refractivity contribution in [1.82, 2.24) is 5.32 Å². The summed E-state index contributed by atoms with van der Waals surface area (Å²) in [6.45, 7) is 19.9. The van der Waals surface area contributed by atoms with Crippen LogP contribution in [0.1, 0.15) is 105 Å². The van der Waals surface area contributed by atoms with Gasteiger partial charge in [-0.1, -0.05) is 65.3 Å². The number of quaternary nitrogens is 1. The van der Waals surface area contributed by atoms with Gasteiger partial charge in [0.25, 0.3) is 0 Å². The molecule has 0 spiro atoms. The smallest absolute Gasteiger partial charge is 0.219 e. The number of nitrogens with zero attached hydrogens (tertiary/aromatic N) is 5. The first-order chi connectivity index (χ1) is 27.4. The highest BCUT2D eigenvalue weighted by Gasteiger charge is 2.35. The van der Waals surface area contributed by atoms with Crippen molar-refractivity contribution in [3.05, 3.63) is 68.4 Å². The van der Waals surface area contributed by atoms with E-state index in [0.717, 1.165) is 99.7 Å². The number of carbonyl (C=O) groups excluding carboxylic acids is 2. The van der Waals surface area contributed by atoms with E-state index in [0.29, 0.717) is 39.5 Å². The van der Waals surface area contributed by atoms with Crippen molar-refractivity contribution >= 4 is 97.9 Å². The number of likely N-dealkylation sites (N-methyl/N-ethyl adjacent to an activating group) is 1. The van der Waals surface area contributed by atoms with Crippen LogP contribution in [-0.4, -0.2) is 81.4 Å². The Morgan fingerprint density at radius 3 is 1.78 bits per heavy atom. The van der Waals surface area contributed by atoms with Crippen LogP contribution in [0.5, 0.6) is 0 Å². The molecule has 0 aromatic heterocycles. The first-order valence-corrected chi connectivity index (χ1v) is 22.8. The number of unbranched alkanes of at least 4 members (excludes halogenated alkanes) is 6. The van der Waals surface area contributed by atoms with E-state index < -0.39 is 0 Å². The first kappa shape index (κ1) is 53.3. The molecule has 59 heavy (non-hydrogen) atoms. The van der Waals surface area contributed by atoms with Gasteiger partial charge in [0.1, 0.15) is 12.0 Å². The largest absolute Gasteiger partial charge is 1.00 e. The summed E-state index contributed by atoms with van der Waals surface area (Å²) in [4.78, 5) is 32.9. The van der Waals surface area contributed by atoms with E-state index in [1.807, 2.05) is 24.3 Å². The second-order valence-corrected chi connectivity index (χ2v) is 16.8. The van der Waals surface area contributed by atoms with Gasteiger partial charge in [-0.15, -0.1) is 17.0 Å². The Labute approximate surface area is 395 Å². The number of benzene rings is 2. The molecular weight excluding hydrogens is 960 g/mol. The van der Waals surface area contributed by atoms with E-state index in [1.165, 1.54) is 43.5 Å². The third-order valence-corrected chi connectivity index (χ3v) is 13.3. The SMILES string of the molecule is Br.CCN1C(=CC=CC2N(CC)c3cc(Cl)c(Cl)cc3N2CCCCCC(=O)NCCCCCC(N)=O)N(CCCCC[N+](CC)(CC)CC)c2cc(Cl)c(Cl)cc21.[Br-]. The maximum Gasteiger partial charge on any atom is 0.219 e. The number of rotatable bonds is 25. The van der Waals surface area contributed by atoms with Gasteiger partial charge < -0.3 is 52.1 Å². The van der Waals surface area contributed by atoms with Crippen molar-refractivity contribution in [2.24, 2.45) is 5.73 Å². The minimum atomic E-state index is -0.277. The van der Waals surface area contributed by atoms with Crippen LogP contribution in [-0.2, 0) is 9.59 Å². The maximum atomic E-state index is 12.5. The third kappa shape index (κ3) is 14.3. The van der Waals surface area contributed by atoms with E-state index in [-0.39, 0.29) is 51.9 Å². The van der Waals surface area contributed by atoms with E-state index in [2.05, 4.69) is 77.8 Å². The van der Waals surface area contributed by atoms with Crippen molar-refractivity contribution in [3.63, 3.8) is 0 Å². The predicted molar refractivity (Wildman–Crippen MR) is 255 cm³/mol. The number of fused-ring (bicyclic) bond motifs is 2. The molecule has 4 rings (SSSR count). The molecule has 15 heteroatoms. The standard InChI is InChI=1S/C44H65Cl4N7O2.2BrH/c1-6-51-37-29-33(45)35(47)31-39(37)53(26-17-12-15-22-42(57)50-25-16-11-14-21-41(49)56)43(51)23-20-24-44-52(7-2)38-30-34(46)36(48)32-40(38)54(44)27-18-13-19-28-55(8-3,9-4)10-5;;/h20,23-24,29-32,43H,6-19,21-22,25-28H2,1-5H3,(H2-,49,50,56,57);2*1H. The highest BCUT2D eigenvalue weighted by Crippen LogP contribution is 2.47. The zero-order chi connectivity index (χ0) is 41.5. The molecule has 2 aromatic carbocycles. The Morgan fingerprint density at radius 2 is 1.20 bits per heavy atom. The van der Waals surface area contributed by atoms with Crippen LogP contribution in [0.25, 0.3) is 0 Å². The Hall–Kier alpha value is -1.86. The van der Waals surface area contributed by atoms with Crippen LogP contribution in [0.3, 0.4) is 0 Å². The number of halogens is 6. The molecule has 2 amide bonds. The molecule has 0 fully saturated rings. The van der Waals surface area contributed by atoms with Gasteiger partial charge in [-0.25, -0.2) is 0 Å². The Balaban J connectivity index is 0.00000600. The molecule has 1 atom stereocenters. The summed E-state index contributed by atoms with van der Waals surface area (Å²) >= 11 is 26.4. The predicted octanol–water partition coefficient (Wildman–Crippen LogP) is 8.37. The fourth-order valence-electron chi connectivity index (χ4n) is 8.30. The number of anilines is 4. The number of allylic oxidation sites excluding steroid dienone is 2. The van der Waals surface area contributed by atoms with Gasteiger partial charge in [-0.2, -0.15) is 0 Å². The van der Waals surface area contributed by atoms with Crippen LogP contribution in [0.15, 0.2) is 48.3 Å². The van der Waals surface area contributed by atoms with E-state index >= 15 is 0 Å². The number of primary amides is 1. The second-order valence-electron chi connectivity index (χ2n) is 15.2. The first-order valence-electron chi connectivity index (χ1n) is 21.3. The minimum absolute atomic E-state index is 0. The highest BCUT2D eigenvalue weighted by molar-refractivity contribution is 8.93. The maximum absolute atomic E-state index is 12.5. The summed E-state index contributed by atoms with van der Waals surface area (Å²) in [5, 5.41) is 5.21. The average Bonchev–Trinajstić information content (AvgIpc) is 3.63. The number of carbonyl (C=O) groups is 2. The summed E-state index contributed by atoms with van der Waals surface area (Å²) < 4.78 is 1.18. The van der Waals surface area contributed by atoms with Gasteiger partial charge in [0.05, 0.1) is 69.0 Å². The van der Waals surface area contributed by atoms with Gasteiger partial charge >= 0.3 is 0 Å². The summed E-state index contributed by atoms with van der Waals surface area (Å²) in [5.74, 6) is 0.910. The lowest BCUT2D eigenvalue weighted by Crippen LogP contribution is -3.00. The Morgan fingerprint density at radius 1 is 0.678 bits per heavy atom. The fraction of sp³-hybridized carbons (Fsp3) is 0.591. The van der Waals surface area contributed by atoms with Crippen LogP contribution < -0.4 is 47.6 Å². The van der Waals surface area contributed by atoms with Gasteiger partial charge in [0, 0.05) is 45.6 Å². The highest BCUT2D eigenvalue weighted by atomic mass is 79.9. The quantitative estimate of drug-likeness (QED) is 0.0769. The molecule has 3 N–H and O–H groups in total. The molecule has 0 saturated heterocycles. The topological polar surface area (TPSA) is 85.1 Å². The second kappa shape index (κ2) is 26.6. The monoisotopic (exact) mass is 1020 g/mol. The van der Waals surface area contributed by atoms with Crippen LogP contribution in [0.4, 0.5) is 22.7 Å². The minimum Gasteiger partial charge on any atom is -1.00 e. The van der Waals surface area contributed by atoms with E-state index in [1.54, 1.807) is 0 Å². The van der Waals surface area contributed by atoms with Crippen LogP contribution in [0, 0.1) is 0 Å². The number of hydrogen-bond donors (Lipinski definition) is 2. The molecule has 2 aliphatic rings. The van der Waals surface area contributed by atoms with Gasteiger partial charge in [-0.3, -0.25) is 9.59 Å². The molecule has 2 heterocycles. The molecule has 0 radical (unpaired) electrons. The fourth-order valence-corrected chi connectivity index (χ4v) is 8.93. The number of hydrogen-bond acceptors (Lipinski definition) is 6. The lowest BCUT2D eigenvalue weighted by atomic mass is 10.1.